The number of nitrogens with one attached hydrogen (secondary N) is 1. The predicted molar refractivity (Wildman–Crippen MR) is 118 cm³/mol. The van der Waals surface area contributed by atoms with Crippen LogP contribution in [0.25, 0.3) is 0 Å². The van der Waals surface area contributed by atoms with Crippen LogP contribution in [0.5, 0.6) is 0 Å². The van der Waals surface area contributed by atoms with Gasteiger partial charge in [0.25, 0.3) is 0 Å². The molecule has 2 amide bonds. The van der Waals surface area contributed by atoms with Crippen LogP contribution in [0.4, 0.5) is 0 Å². The molecule has 1 saturated heterocycles. The van der Waals surface area contributed by atoms with Crippen molar-refractivity contribution < 1.29 is 9.59 Å². The fraction of sp³-hybridized carbons (Fsp3) is 0.680. The Morgan fingerprint density at radius 3 is 2.10 bits per heavy atom. The third kappa shape index (κ3) is 4.39. The van der Waals surface area contributed by atoms with Gasteiger partial charge in [-0.05, 0) is 92.2 Å². The van der Waals surface area contributed by atoms with E-state index in [9.17, 15) is 9.59 Å². The molecular formula is C25H33ClN2O2. The zero-order valence-electron chi connectivity index (χ0n) is 17.7. The lowest BCUT2D eigenvalue weighted by molar-refractivity contribution is -0.132. The SMILES string of the molecule is O=C(CC12CC3CC(CC(C3)C1)C2)NC1CCN(C(=O)Cc2ccc(Cl)cc2)CC1. The molecule has 30 heavy (non-hydrogen) atoms. The Bertz CT molecular complexity index is 763. The minimum Gasteiger partial charge on any atom is -0.353 e. The van der Waals surface area contributed by atoms with E-state index in [0.29, 0.717) is 16.9 Å². The number of piperidine rings is 1. The average Bonchev–Trinajstić information content (AvgIpc) is 2.68. The number of rotatable bonds is 5. The third-order valence-corrected chi connectivity index (χ3v) is 8.43. The Balaban J connectivity index is 1.08. The second-order valence-corrected chi connectivity index (χ2v) is 11.1. The lowest BCUT2D eigenvalue weighted by atomic mass is 9.49. The van der Waals surface area contributed by atoms with E-state index < -0.39 is 0 Å². The maximum absolute atomic E-state index is 12.9. The summed E-state index contributed by atoms with van der Waals surface area (Å²) in [7, 11) is 0. The quantitative estimate of drug-likeness (QED) is 0.745. The molecule has 5 heteroatoms. The summed E-state index contributed by atoms with van der Waals surface area (Å²) in [6.07, 6.45) is 11.0. The second-order valence-electron chi connectivity index (χ2n) is 10.6. The summed E-state index contributed by atoms with van der Waals surface area (Å²) in [5.41, 5.74) is 1.30. The predicted octanol–water partition coefficient (Wildman–Crippen LogP) is 4.60. The molecule has 4 bridgehead atoms. The number of carbonyl (C=O) groups is 2. The van der Waals surface area contributed by atoms with Crippen molar-refractivity contribution in [3.63, 3.8) is 0 Å². The van der Waals surface area contributed by atoms with Gasteiger partial charge in [0.15, 0.2) is 0 Å². The number of halogens is 1. The van der Waals surface area contributed by atoms with Crippen LogP contribution in [0.15, 0.2) is 24.3 Å². The van der Waals surface area contributed by atoms with Gasteiger partial charge in [-0.15, -0.1) is 0 Å². The normalized spacial score (nSPS) is 33.0. The first-order chi connectivity index (χ1) is 14.5. The molecule has 0 atom stereocenters. The van der Waals surface area contributed by atoms with E-state index in [1.807, 2.05) is 29.2 Å². The molecule has 5 fully saturated rings. The van der Waals surface area contributed by atoms with E-state index in [4.69, 9.17) is 11.6 Å². The van der Waals surface area contributed by atoms with Crippen LogP contribution >= 0.6 is 11.6 Å². The van der Waals surface area contributed by atoms with Crippen molar-refractivity contribution in [3.05, 3.63) is 34.9 Å². The van der Waals surface area contributed by atoms with Crippen molar-refractivity contribution in [1.29, 1.82) is 0 Å². The van der Waals surface area contributed by atoms with Crippen LogP contribution in [0.1, 0.15) is 63.4 Å². The van der Waals surface area contributed by atoms with Gasteiger partial charge in [0, 0.05) is 30.6 Å². The van der Waals surface area contributed by atoms with Gasteiger partial charge in [-0.2, -0.15) is 0 Å². The maximum atomic E-state index is 12.9. The lowest BCUT2D eigenvalue weighted by Gasteiger charge is -2.56. The first kappa shape index (κ1) is 20.4. The van der Waals surface area contributed by atoms with Gasteiger partial charge < -0.3 is 10.2 Å². The summed E-state index contributed by atoms with van der Waals surface area (Å²) >= 11 is 5.92. The molecule has 0 radical (unpaired) electrons. The van der Waals surface area contributed by atoms with Crippen molar-refractivity contribution in [2.24, 2.45) is 23.2 Å². The number of hydrogen-bond acceptors (Lipinski definition) is 2. The summed E-state index contributed by atoms with van der Waals surface area (Å²) in [5.74, 6) is 3.08. The number of hydrogen-bond donors (Lipinski definition) is 1. The zero-order chi connectivity index (χ0) is 20.7. The van der Waals surface area contributed by atoms with Gasteiger partial charge in [0.05, 0.1) is 6.42 Å². The molecule has 0 aromatic heterocycles. The van der Waals surface area contributed by atoms with E-state index >= 15 is 0 Å². The molecule has 4 saturated carbocycles. The minimum atomic E-state index is 0.163. The number of carbonyl (C=O) groups excluding carboxylic acids is 2. The molecule has 1 N–H and O–H groups in total. The first-order valence-electron chi connectivity index (χ1n) is 11.8. The lowest BCUT2D eigenvalue weighted by Crippen LogP contribution is -2.50. The summed E-state index contributed by atoms with van der Waals surface area (Å²) in [6, 6.07) is 7.70. The van der Waals surface area contributed by atoms with Gasteiger partial charge >= 0.3 is 0 Å². The fourth-order valence-electron chi connectivity index (χ4n) is 7.29. The smallest absolute Gasteiger partial charge is 0.226 e. The van der Waals surface area contributed by atoms with Crippen molar-refractivity contribution in [3.8, 4) is 0 Å². The molecular weight excluding hydrogens is 396 g/mol. The highest BCUT2D eigenvalue weighted by molar-refractivity contribution is 6.30. The summed E-state index contributed by atoms with van der Waals surface area (Å²) in [5, 5.41) is 4.01. The van der Waals surface area contributed by atoms with Crippen LogP contribution in [0.3, 0.4) is 0 Å². The molecule has 0 unspecified atom stereocenters. The number of likely N-dealkylation sites (tertiary alicyclic amines) is 1. The largest absolute Gasteiger partial charge is 0.353 e. The van der Waals surface area contributed by atoms with E-state index in [-0.39, 0.29) is 17.9 Å². The Labute approximate surface area is 184 Å². The van der Waals surface area contributed by atoms with Gasteiger partial charge in [-0.1, -0.05) is 23.7 Å². The molecule has 4 nitrogen and oxygen atoms in total. The highest BCUT2D eigenvalue weighted by Crippen LogP contribution is 2.61. The summed E-state index contributed by atoms with van der Waals surface area (Å²) < 4.78 is 0. The molecule has 0 spiro atoms. The number of nitrogens with zero attached hydrogens (tertiary/aromatic N) is 1. The molecule has 4 aliphatic carbocycles. The fourth-order valence-corrected chi connectivity index (χ4v) is 7.41. The Hall–Kier alpha value is -1.55. The average molecular weight is 429 g/mol. The van der Waals surface area contributed by atoms with Gasteiger partial charge in [0.2, 0.25) is 11.8 Å². The third-order valence-electron chi connectivity index (χ3n) is 8.18. The van der Waals surface area contributed by atoms with Crippen LogP contribution < -0.4 is 5.32 Å². The molecule has 6 rings (SSSR count). The highest BCUT2D eigenvalue weighted by atomic mass is 35.5. The zero-order valence-corrected chi connectivity index (χ0v) is 18.5. The Morgan fingerprint density at radius 1 is 0.967 bits per heavy atom. The van der Waals surface area contributed by atoms with Gasteiger partial charge in [-0.3, -0.25) is 9.59 Å². The Morgan fingerprint density at radius 2 is 1.53 bits per heavy atom. The van der Waals surface area contributed by atoms with E-state index in [1.54, 1.807) is 0 Å². The van der Waals surface area contributed by atoms with Gasteiger partial charge in [0.1, 0.15) is 0 Å². The highest BCUT2D eigenvalue weighted by Gasteiger charge is 2.51. The molecule has 5 aliphatic rings. The molecule has 1 aliphatic heterocycles. The van der Waals surface area contributed by atoms with Crippen LogP contribution in [-0.2, 0) is 16.0 Å². The van der Waals surface area contributed by atoms with Crippen molar-refractivity contribution in [2.45, 2.75) is 70.3 Å². The Kier molecular flexibility index (Phi) is 5.55. The topological polar surface area (TPSA) is 49.4 Å². The van der Waals surface area contributed by atoms with Crippen molar-refractivity contribution in [1.82, 2.24) is 10.2 Å². The molecule has 162 valence electrons. The van der Waals surface area contributed by atoms with Gasteiger partial charge in [-0.25, -0.2) is 0 Å². The maximum Gasteiger partial charge on any atom is 0.226 e. The van der Waals surface area contributed by atoms with Crippen molar-refractivity contribution >= 4 is 23.4 Å². The van der Waals surface area contributed by atoms with Crippen LogP contribution in [-0.4, -0.2) is 35.8 Å². The summed E-state index contributed by atoms with van der Waals surface area (Å²) in [6.45, 7) is 1.46. The van der Waals surface area contributed by atoms with E-state index in [1.165, 1.54) is 38.5 Å². The van der Waals surface area contributed by atoms with E-state index in [0.717, 1.165) is 55.7 Å². The number of amides is 2. The monoisotopic (exact) mass is 428 g/mol. The number of benzene rings is 1. The molecule has 1 aromatic rings. The minimum absolute atomic E-state index is 0.163. The summed E-state index contributed by atoms with van der Waals surface area (Å²) in [4.78, 5) is 27.4. The van der Waals surface area contributed by atoms with Crippen LogP contribution in [0, 0.1) is 23.2 Å². The van der Waals surface area contributed by atoms with Crippen molar-refractivity contribution in [2.75, 3.05) is 13.1 Å². The van der Waals surface area contributed by atoms with Crippen LogP contribution in [0.2, 0.25) is 5.02 Å². The molecule has 1 aromatic carbocycles. The second kappa shape index (κ2) is 8.18. The first-order valence-corrected chi connectivity index (χ1v) is 12.2. The standard InChI is InChI=1S/C25H33ClN2O2/c26-21-3-1-17(2-4-21)12-24(30)28-7-5-22(6-8-28)27-23(29)16-25-13-18-9-19(14-25)11-20(10-18)15-25/h1-4,18-20,22H,5-16H2,(H,27,29). The molecule has 1 heterocycles. The van der Waals surface area contributed by atoms with E-state index in [2.05, 4.69) is 5.32 Å².